The number of hydrogen-bond acceptors (Lipinski definition) is 6. The van der Waals surface area contributed by atoms with Crippen LogP contribution >= 0.6 is 0 Å². The molecule has 0 aliphatic carbocycles. The predicted molar refractivity (Wildman–Crippen MR) is 49.3 cm³/mol. The van der Waals surface area contributed by atoms with E-state index in [0.717, 1.165) is 6.92 Å². The average molecular weight is 220 g/mol. The minimum absolute atomic E-state index is 0.270. The van der Waals surface area contributed by atoms with Crippen LogP contribution in [0.4, 0.5) is 0 Å². The summed E-state index contributed by atoms with van der Waals surface area (Å²) in [7, 11) is 0. The molecule has 0 saturated heterocycles. The molecule has 6 nitrogen and oxygen atoms in total. The quantitative estimate of drug-likeness (QED) is 0.502. The number of rotatable bonds is 4. The van der Waals surface area contributed by atoms with Crippen LogP contribution in [0, 0.1) is 5.92 Å². The molecule has 0 saturated carbocycles. The van der Waals surface area contributed by atoms with Crippen molar-refractivity contribution < 1.29 is 29.6 Å². The zero-order valence-electron chi connectivity index (χ0n) is 8.97. The van der Waals surface area contributed by atoms with Gasteiger partial charge in [0.15, 0.2) is 0 Å². The molecule has 15 heavy (non-hydrogen) atoms. The molecule has 3 atom stereocenters. The first-order valence-electron chi connectivity index (χ1n) is 4.65. The van der Waals surface area contributed by atoms with Crippen molar-refractivity contribution in [1.29, 1.82) is 0 Å². The van der Waals surface area contributed by atoms with Crippen LogP contribution in [-0.4, -0.2) is 34.4 Å². The Morgan fingerprint density at radius 3 is 2.13 bits per heavy atom. The molecule has 0 spiro atoms. The maximum atomic E-state index is 11.3. The van der Waals surface area contributed by atoms with Crippen LogP contribution in [0.1, 0.15) is 27.2 Å². The largest absolute Gasteiger partial charge is 0.391 e. The first-order chi connectivity index (χ1) is 6.90. The number of aliphatic hydroxyl groups excluding tert-OH is 2. The van der Waals surface area contributed by atoms with Gasteiger partial charge in [-0.25, -0.2) is 19.4 Å². The molecule has 0 bridgehead atoms. The molecule has 6 heteroatoms. The fraction of sp³-hybridized carbons (Fsp3) is 0.778. The fourth-order valence-electron chi connectivity index (χ4n) is 1.05. The van der Waals surface area contributed by atoms with E-state index in [2.05, 4.69) is 9.78 Å². The number of carbonyl (C=O) groups excluding carboxylic acids is 2. The molecule has 0 aliphatic rings. The van der Waals surface area contributed by atoms with Gasteiger partial charge in [0.05, 0.1) is 18.1 Å². The van der Waals surface area contributed by atoms with Crippen LogP contribution in [0.2, 0.25) is 0 Å². The third kappa shape index (κ3) is 4.75. The summed E-state index contributed by atoms with van der Waals surface area (Å²) in [5.74, 6) is -2.55. The summed E-state index contributed by atoms with van der Waals surface area (Å²) < 4.78 is 0. The van der Waals surface area contributed by atoms with Gasteiger partial charge in [0, 0.05) is 6.92 Å². The van der Waals surface area contributed by atoms with E-state index >= 15 is 0 Å². The van der Waals surface area contributed by atoms with Crippen molar-refractivity contribution >= 4 is 11.9 Å². The Kier molecular flexibility index (Phi) is 5.88. The topological polar surface area (TPSA) is 93.1 Å². The van der Waals surface area contributed by atoms with Gasteiger partial charge in [0.1, 0.15) is 0 Å². The number of hydrogen-bond donors (Lipinski definition) is 2. The summed E-state index contributed by atoms with van der Waals surface area (Å²) in [5, 5.41) is 18.5. The predicted octanol–water partition coefficient (Wildman–Crippen LogP) is -0.224. The zero-order chi connectivity index (χ0) is 12.0. The fourth-order valence-corrected chi connectivity index (χ4v) is 1.05. The maximum absolute atomic E-state index is 11.3. The van der Waals surface area contributed by atoms with Gasteiger partial charge in [0.2, 0.25) is 0 Å². The first kappa shape index (κ1) is 13.9. The molecule has 0 rings (SSSR count). The summed E-state index contributed by atoms with van der Waals surface area (Å²) >= 11 is 0. The molecule has 3 unspecified atom stereocenters. The molecule has 0 aromatic rings. The normalized spacial score (nSPS) is 16.3. The molecule has 0 aliphatic heterocycles. The van der Waals surface area contributed by atoms with Gasteiger partial charge in [0.25, 0.3) is 0 Å². The van der Waals surface area contributed by atoms with Crippen molar-refractivity contribution in [3.05, 3.63) is 0 Å². The van der Waals surface area contributed by atoms with E-state index in [4.69, 9.17) is 5.11 Å². The maximum Gasteiger partial charge on any atom is 0.361 e. The van der Waals surface area contributed by atoms with Crippen LogP contribution in [0.15, 0.2) is 0 Å². The van der Waals surface area contributed by atoms with Crippen LogP contribution in [0.3, 0.4) is 0 Å². The van der Waals surface area contributed by atoms with Gasteiger partial charge in [-0.05, 0) is 13.3 Å². The molecular weight excluding hydrogens is 204 g/mol. The zero-order valence-corrected chi connectivity index (χ0v) is 8.97. The second-order valence-corrected chi connectivity index (χ2v) is 3.22. The second-order valence-electron chi connectivity index (χ2n) is 3.22. The Labute approximate surface area is 87.7 Å². The van der Waals surface area contributed by atoms with Crippen molar-refractivity contribution in [3.8, 4) is 0 Å². The van der Waals surface area contributed by atoms with Gasteiger partial charge < -0.3 is 10.2 Å². The second kappa shape index (κ2) is 6.36. The lowest BCUT2D eigenvalue weighted by atomic mass is 9.96. The highest BCUT2D eigenvalue weighted by atomic mass is 17.2. The minimum Gasteiger partial charge on any atom is -0.391 e. The van der Waals surface area contributed by atoms with E-state index in [9.17, 15) is 14.7 Å². The van der Waals surface area contributed by atoms with Gasteiger partial charge in [-0.15, -0.1) is 0 Å². The Morgan fingerprint density at radius 2 is 1.80 bits per heavy atom. The Balaban J connectivity index is 4.27. The van der Waals surface area contributed by atoms with Gasteiger partial charge >= 0.3 is 11.9 Å². The van der Waals surface area contributed by atoms with Crippen molar-refractivity contribution in [2.45, 2.75) is 39.4 Å². The van der Waals surface area contributed by atoms with Crippen LogP contribution in [0.25, 0.3) is 0 Å². The molecule has 0 radical (unpaired) electrons. The highest BCUT2D eigenvalue weighted by Gasteiger charge is 2.31. The summed E-state index contributed by atoms with van der Waals surface area (Å²) in [5.41, 5.74) is 0. The Hall–Kier alpha value is -1.14. The lowest BCUT2D eigenvalue weighted by Gasteiger charge is -2.20. The van der Waals surface area contributed by atoms with E-state index in [1.54, 1.807) is 6.92 Å². The minimum atomic E-state index is -1.24. The average Bonchev–Trinajstić information content (AvgIpc) is 2.15. The van der Waals surface area contributed by atoms with E-state index in [-0.39, 0.29) is 6.42 Å². The van der Waals surface area contributed by atoms with Crippen molar-refractivity contribution in [3.63, 3.8) is 0 Å². The molecule has 88 valence electrons. The number of aliphatic hydroxyl groups is 2. The van der Waals surface area contributed by atoms with E-state index in [0.29, 0.717) is 0 Å². The van der Waals surface area contributed by atoms with Crippen LogP contribution in [0.5, 0.6) is 0 Å². The van der Waals surface area contributed by atoms with Gasteiger partial charge in [-0.1, -0.05) is 6.92 Å². The Morgan fingerprint density at radius 1 is 1.27 bits per heavy atom. The summed E-state index contributed by atoms with van der Waals surface area (Å²) in [6.45, 7) is 4.08. The van der Waals surface area contributed by atoms with Crippen LogP contribution in [-0.2, 0) is 19.4 Å². The summed E-state index contributed by atoms with van der Waals surface area (Å²) in [4.78, 5) is 29.8. The molecule has 0 aromatic heterocycles. The van der Waals surface area contributed by atoms with Gasteiger partial charge in [-0.3, -0.25) is 0 Å². The van der Waals surface area contributed by atoms with Crippen molar-refractivity contribution in [1.82, 2.24) is 0 Å². The Bertz CT molecular complexity index is 225. The lowest BCUT2D eigenvalue weighted by molar-refractivity contribution is -0.263. The molecule has 0 amide bonds. The van der Waals surface area contributed by atoms with Crippen molar-refractivity contribution in [2.24, 2.45) is 5.92 Å². The molecule has 0 heterocycles. The third-order valence-corrected chi connectivity index (χ3v) is 1.89. The van der Waals surface area contributed by atoms with Gasteiger partial charge in [-0.2, -0.15) is 0 Å². The lowest BCUT2D eigenvalue weighted by Crippen LogP contribution is -2.37. The van der Waals surface area contributed by atoms with E-state index in [1.807, 2.05) is 0 Å². The molecule has 0 aromatic carbocycles. The highest BCUT2D eigenvalue weighted by Crippen LogP contribution is 2.14. The standard InChI is InChI=1S/C9H16O6/c1-4-7(8(12)5(2)10)9(13)15-14-6(3)11/h5,7-8,10,12H,4H2,1-3H3. The SMILES string of the molecule is CCC(C(=O)OOC(C)=O)C(O)C(C)O. The third-order valence-electron chi connectivity index (χ3n) is 1.89. The smallest absolute Gasteiger partial charge is 0.361 e. The summed E-state index contributed by atoms with van der Waals surface area (Å²) in [6, 6.07) is 0. The van der Waals surface area contributed by atoms with E-state index < -0.39 is 30.1 Å². The first-order valence-corrected chi connectivity index (χ1v) is 4.65. The molecular formula is C9H16O6. The molecule has 0 fully saturated rings. The summed E-state index contributed by atoms with van der Waals surface area (Å²) in [6.07, 6.45) is -2.02. The monoisotopic (exact) mass is 220 g/mol. The highest BCUT2D eigenvalue weighted by molar-refractivity contribution is 5.74. The molecule has 2 N–H and O–H groups in total. The van der Waals surface area contributed by atoms with Crippen LogP contribution < -0.4 is 0 Å². The van der Waals surface area contributed by atoms with Crippen molar-refractivity contribution in [2.75, 3.05) is 0 Å². The van der Waals surface area contributed by atoms with E-state index in [1.165, 1.54) is 6.92 Å². The number of carbonyl (C=O) groups is 2.